The van der Waals surface area contributed by atoms with E-state index in [0.717, 1.165) is 51.8 Å². The molecule has 0 spiro atoms. The van der Waals surface area contributed by atoms with E-state index in [1.165, 1.54) is 0 Å². The highest BCUT2D eigenvalue weighted by atomic mass is 32.2. The van der Waals surface area contributed by atoms with E-state index in [1.54, 1.807) is 0 Å². The summed E-state index contributed by atoms with van der Waals surface area (Å²) in [6.45, 7) is 3.25. The molecule has 106 valence electrons. The molecule has 0 radical (unpaired) electrons. The summed E-state index contributed by atoms with van der Waals surface area (Å²) in [5.74, 6) is 0.815. The van der Waals surface area contributed by atoms with Crippen molar-refractivity contribution in [1.29, 1.82) is 0 Å². The zero-order valence-corrected chi connectivity index (χ0v) is 11.7. The summed E-state index contributed by atoms with van der Waals surface area (Å²) in [7, 11) is -3.12. The van der Waals surface area contributed by atoms with Crippen LogP contribution in [0.2, 0.25) is 0 Å². The number of rotatable bonds is 6. The van der Waals surface area contributed by atoms with Crippen molar-refractivity contribution >= 4 is 10.0 Å². The molecular formula is C12H24N2O3S. The van der Waals surface area contributed by atoms with Gasteiger partial charge in [-0.1, -0.05) is 0 Å². The maximum atomic E-state index is 11.8. The van der Waals surface area contributed by atoms with Gasteiger partial charge in [0.2, 0.25) is 10.0 Å². The van der Waals surface area contributed by atoms with Gasteiger partial charge in [0.05, 0.1) is 11.9 Å². The molecule has 0 saturated carbocycles. The number of hydrogen-bond acceptors (Lipinski definition) is 4. The second-order valence-electron chi connectivity index (χ2n) is 5.28. The smallest absolute Gasteiger partial charge is 0.211 e. The van der Waals surface area contributed by atoms with E-state index >= 15 is 0 Å². The van der Waals surface area contributed by atoms with Crippen LogP contribution in [-0.4, -0.2) is 46.5 Å². The van der Waals surface area contributed by atoms with Crippen molar-refractivity contribution in [2.75, 3.05) is 32.0 Å². The molecule has 1 unspecified atom stereocenters. The van der Waals surface area contributed by atoms with Gasteiger partial charge in [0.1, 0.15) is 0 Å². The second kappa shape index (κ2) is 6.84. The van der Waals surface area contributed by atoms with Gasteiger partial charge in [-0.25, -0.2) is 13.1 Å². The fraction of sp³-hybridized carbons (Fsp3) is 1.00. The van der Waals surface area contributed by atoms with E-state index in [4.69, 9.17) is 4.74 Å². The molecule has 2 N–H and O–H groups in total. The van der Waals surface area contributed by atoms with Crippen LogP contribution in [-0.2, 0) is 14.8 Å². The Morgan fingerprint density at radius 3 is 2.67 bits per heavy atom. The number of ether oxygens (including phenoxy) is 1. The summed E-state index contributed by atoms with van der Waals surface area (Å²) in [6.07, 6.45) is 5.07. The summed E-state index contributed by atoms with van der Waals surface area (Å²) in [5.41, 5.74) is 0. The Kier molecular flexibility index (Phi) is 5.41. The molecule has 2 heterocycles. The van der Waals surface area contributed by atoms with Crippen LogP contribution in [0.4, 0.5) is 0 Å². The van der Waals surface area contributed by atoms with Crippen molar-refractivity contribution < 1.29 is 13.2 Å². The minimum Gasteiger partial charge on any atom is -0.377 e. The molecule has 2 rings (SSSR count). The molecule has 2 aliphatic rings. The summed E-state index contributed by atoms with van der Waals surface area (Å²) in [6, 6.07) is 0. The van der Waals surface area contributed by atoms with Crippen LogP contribution in [0.25, 0.3) is 0 Å². The molecule has 2 aliphatic heterocycles. The topological polar surface area (TPSA) is 67.4 Å². The summed E-state index contributed by atoms with van der Waals surface area (Å²) in [4.78, 5) is 0. The van der Waals surface area contributed by atoms with Crippen LogP contribution in [0, 0.1) is 5.92 Å². The Balaban J connectivity index is 1.66. The lowest BCUT2D eigenvalue weighted by molar-refractivity contribution is 0.114. The molecule has 0 aromatic rings. The van der Waals surface area contributed by atoms with Crippen molar-refractivity contribution in [1.82, 2.24) is 10.0 Å². The third kappa shape index (κ3) is 4.84. The molecule has 0 aromatic carbocycles. The minimum absolute atomic E-state index is 0.0821. The average molecular weight is 276 g/mol. The Bertz CT molecular complexity index is 333. The van der Waals surface area contributed by atoms with Gasteiger partial charge in [-0.3, -0.25) is 0 Å². The van der Waals surface area contributed by atoms with Crippen LogP contribution < -0.4 is 10.0 Å². The molecule has 2 saturated heterocycles. The first-order valence-corrected chi connectivity index (χ1v) is 8.60. The first-order valence-electron chi connectivity index (χ1n) is 6.95. The Morgan fingerprint density at radius 2 is 2.00 bits per heavy atom. The van der Waals surface area contributed by atoms with Crippen LogP contribution in [0.15, 0.2) is 0 Å². The summed E-state index contributed by atoms with van der Waals surface area (Å²) < 4.78 is 31.8. The van der Waals surface area contributed by atoms with Gasteiger partial charge < -0.3 is 10.1 Å². The molecule has 18 heavy (non-hydrogen) atoms. The highest BCUT2D eigenvalue weighted by molar-refractivity contribution is 7.89. The van der Waals surface area contributed by atoms with Gasteiger partial charge in [-0.05, 0) is 51.1 Å². The molecule has 0 aliphatic carbocycles. The Hall–Kier alpha value is -0.170. The Labute approximate surface area is 110 Å². The van der Waals surface area contributed by atoms with Crippen LogP contribution >= 0.6 is 0 Å². The van der Waals surface area contributed by atoms with Crippen LogP contribution in [0.5, 0.6) is 0 Å². The summed E-state index contributed by atoms with van der Waals surface area (Å²) in [5, 5.41) is 3.29. The second-order valence-corrected chi connectivity index (χ2v) is 7.21. The molecule has 2 fully saturated rings. The highest BCUT2D eigenvalue weighted by Gasteiger charge is 2.20. The molecule has 1 atom stereocenters. The van der Waals surface area contributed by atoms with Crippen molar-refractivity contribution in [3.8, 4) is 0 Å². The van der Waals surface area contributed by atoms with Crippen molar-refractivity contribution in [2.45, 2.75) is 38.2 Å². The SMILES string of the molecule is O=S(=O)(CCC1CCNCC1)NCC1CCCO1. The molecule has 6 heteroatoms. The van der Waals surface area contributed by atoms with Gasteiger partial charge in [-0.2, -0.15) is 0 Å². The van der Waals surface area contributed by atoms with Crippen LogP contribution in [0.1, 0.15) is 32.1 Å². The number of sulfonamides is 1. The van der Waals surface area contributed by atoms with Crippen molar-refractivity contribution in [3.05, 3.63) is 0 Å². The fourth-order valence-corrected chi connectivity index (χ4v) is 3.82. The molecule has 0 amide bonds. The average Bonchev–Trinajstić information content (AvgIpc) is 2.89. The van der Waals surface area contributed by atoms with E-state index in [-0.39, 0.29) is 11.9 Å². The molecule has 0 aromatic heterocycles. The zero-order valence-electron chi connectivity index (χ0n) is 10.9. The van der Waals surface area contributed by atoms with E-state index < -0.39 is 10.0 Å². The lowest BCUT2D eigenvalue weighted by Crippen LogP contribution is -2.35. The number of piperidine rings is 1. The predicted molar refractivity (Wildman–Crippen MR) is 71.0 cm³/mol. The number of hydrogen-bond donors (Lipinski definition) is 2. The maximum absolute atomic E-state index is 11.8. The number of nitrogens with one attached hydrogen (secondary N) is 2. The molecular weight excluding hydrogens is 252 g/mol. The van der Waals surface area contributed by atoms with E-state index in [1.807, 2.05) is 0 Å². The lowest BCUT2D eigenvalue weighted by Gasteiger charge is -2.22. The predicted octanol–water partition coefficient (Wildman–Crippen LogP) is 0.475. The normalized spacial score (nSPS) is 26.6. The first kappa shape index (κ1) is 14.2. The molecule has 0 bridgehead atoms. The third-order valence-corrected chi connectivity index (χ3v) is 5.19. The van der Waals surface area contributed by atoms with Gasteiger partial charge in [0.25, 0.3) is 0 Å². The van der Waals surface area contributed by atoms with Gasteiger partial charge in [0.15, 0.2) is 0 Å². The summed E-state index contributed by atoms with van der Waals surface area (Å²) >= 11 is 0. The Morgan fingerprint density at radius 1 is 1.22 bits per heavy atom. The van der Waals surface area contributed by atoms with Gasteiger partial charge >= 0.3 is 0 Å². The van der Waals surface area contributed by atoms with E-state index in [2.05, 4.69) is 10.0 Å². The quantitative estimate of drug-likeness (QED) is 0.740. The monoisotopic (exact) mass is 276 g/mol. The minimum atomic E-state index is -3.12. The van der Waals surface area contributed by atoms with Crippen molar-refractivity contribution in [2.24, 2.45) is 5.92 Å². The van der Waals surface area contributed by atoms with Gasteiger partial charge in [-0.15, -0.1) is 0 Å². The lowest BCUT2D eigenvalue weighted by atomic mass is 9.96. The molecule has 5 nitrogen and oxygen atoms in total. The van der Waals surface area contributed by atoms with E-state index in [9.17, 15) is 8.42 Å². The third-order valence-electron chi connectivity index (χ3n) is 3.81. The zero-order chi connectivity index (χ0) is 12.8. The van der Waals surface area contributed by atoms with Crippen LogP contribution in [0.3, 0.4) is 0 Å². The first-order chi connectivity index (χ1) is 8.66. The largest absolute Gasteiger partial charge is 0.377 e. The van der Waals surface area contributed by atoms with Crippen molar-refractivity contribution in [3.63, 3.8) is 0 Å². The van der Waals surface area contributed by atoms with Gasteiger partial charge in [0, 0.05) is 13.2 Å². The highest BCUT2D eigenvalue weighted by Crippen LogP contribution is 2.16. The van der Waals surface area contributed by atoms with E-state index in [0.29, 0.717) is 12.5 Å². The fourth-order valence-electron chi connectivity index (χ4n) is 2.59. The maximum Gasteiger partial charge on any atom is 0.211 e. The standard InChI is InChI=1S/C12H24N2O3S/c15-18(16,14-10-12-2-1-8-17-12)9-5-11-3-6-13-7-4-11/h11-14H,1-10H2.